The van der Waals surface area contributed by atoms with Gasteiger partial charge >= 0.3 is 0 Å². The number of rotatable bonds is 7. The van der Waals surface area contributed by atoms with Crippen LogP contribution in [0.5, 0.6) is 23.0 Å². The molecule has 0 saturated heterocycles. The molecule has 4 rings (SSSR count). The highest BCUT2D eigenvalue weighted by Crippen LogP contribution is 2.31. The third kappa shape index (κ3) is 5.69. The molecule has 0 saturated carbocycles. The van der Waals surface area contributed by atoms with Gasteiger partial charge in [-0.3, -0.25) is 0 Å². The fourth-order valence-corrected chi connectivity index (χ4v) is 3.53. The largest absolute Gasteiger partial charge is 0.486 e. The standard InChI is InChI=1S/C22H28N2O4.ClH/c1-23(13-17-15-25-19-7-3-5-9-21(19)27-17)11-12-24(2)14-18-16-26-20-8-4-6-10-22(20)28-18;/h3-10,17-18H,11-16H2,1-2H3;1H. The minimum Gasteiger partial charge on any atom is -0.486 e. The molecular weight excluding hydrogens is 392 g/mol. The van der Waals surface area contributed by atoms with Crippen LogP contribution >= 0.6 is 12.4 Å². The smallest absolute Gasteiger partial charge is 0.161 e. The first kappa shape index (κ1) is 21.6. The summed E-state index contributed by atoms with van der Waals surface area (Å²) in [5.41, 5.74) is 0. The fourth-order valence-electron chi connectivity index (χ4n) is 3.53. The number of halogens is 1. The van der Waals surface area contributed by atoms with E-state index in [1.165, 1.54) is 0 Å². The monoisotopic (exact) mass is 420 g/mol. The summed E-state index contributed by atoms with van der Waals surface area (Å²) in [6.45, 7) is 4.73. The van der Waals surface area contributed by atoms with E-state index in [4.69, 9.17) is 18.9 Å². The van der Waals surface area contributed by atoms with Crippen molar-refractivity contribution in [2.75, 3.05) is 53.5 Å². The Morgan fingerprint density at radius 1 is 0.690 bits per heavy atom. The fraction of sp³-hybridized carbons (Fsp3) is 0.455. The van der Waals surface area contributed by atoms with Crippen molar-refractivity contribution in [2.24, 2.45) is 0 Å². The van der Waals surface area contributed by atoms with Gasteiger partial charge in [0.25, 0.3) is 0 Å². The van der Waals surface area contributed by atoms with Crippen LogP contribution in [-0.2, 0) is 0 Å². The average molecular weight is 421 g/mol. The zero-order valence-electron chi connectivity index (χ0n) is 17.0. The number of hydrogen-bond donors (Lipinski definition) is 0. The van der Waals surface area contributed by atoms with E-state index in [9.17, 15) is 0 Å². The van der Waals surface area contributed by atoms with Gasteiger partial charge in [0.2, 0.25) is 0 Å². The molecule has 158 valence electrons. The highest BCUT2D eigenvalue weighted by Gasteiger charge is 2.23. The summed E-state index contributed by atoms with van der Waals surface area (Å²) in [5, 5.41) is 0. The van der Waals surface area contributed by atoms with Crippen LogP contribution in [0.1, 0.15) is 0 Å². The maximum atomic E-state index is 6.05. The van der Waals surface area contributed by atoms with Crippen molar-refractivity contribution >= 4 is 12.4 Å². The summed E-state index contributed by atoms with van der Waals surface area (Å²) in [6.07, 6.45) is 0.105. The third-order valence-electron chi connectivity index (χ3n) is 5.03. The van der Waals surface area contributed by atoms with E-state index in [1.807, 2.05) is 48.5 Å². The normalized spacial score (nSPS) is 19.7. The molecule has 29 heavy (non-hydrogen) atoms. The van der Waals surface area contributed by atoms with Crippen LogP contribution in [-0.4, -0.2) is 75.5 Å². The predicted octanol–water partition coefficient (Wildman–Crippen LogP) is 2.95. The number of fused-ring (bicyclic) bond motifs is 2. The minimum atomic E-state index is 0. The maximum Gasteiger partial charge on any atom is 0.161 e. The lowest BCUT2D eigenvalue weighted by molar-refractivity contribution is 0.0532. The molecule has 2 heterocycles. The van der Waals surface area contributed by atoms with E-state index in [1.54, 1.807) is 0 Å². The first-order valence-corrected chi connectivity index (χ1v) is 9.81. The van der Waals surface area contributed by atoms with Gasteiger partial charge in [-0.05, 0) is 38.4 Å². The van der Waals surface area contributed by atoms with E-state index in [0.29, 0.717) is 13.2 Å². The number of ether oxygens (including phenoxy) is 4. The molecule has 0 N–H and O–H groups in total. The van der Waals surface area contributed by atoms with Crippen LogP contribution in [0.15, 0.2) is 48.5 Å². The lowest BCUT2D eigenvalue weighted by atomic mass is 10.2. The molecule has 0 fully saturated rings. The summed E-state index contributed by atoms with van der Waals surface area (Å²) in [6, 6.07) is 15.7. The van der Waals surface area contributed by atoms with Crippen molar-refractivity contribution < 1.29 is 18.9 Å². The second kappa shape index (κ2) is 10.1. The van der Waals surface area contributed by atoms with Crippen molar-refractivity contribution in [3.05, 3.63) is 48.5 Å². The Morgan fingerprint density at radius 2 is 1.07 bits per heavy atom. The maximum absolute atomic E-state index is 6.05. The molecule has 6 nitrogen and oxygen atoms in total. The Kier molecular flexibility index (Phi) is 7.47. The number of hydrogen-bond acceptors (Lipinski definition) is 6. The van der Waals surface area contributed by atoms with Crippen LogP contribution in [0, 0.1) is 0 Å². The molecule has 0 radical (unpaired) electrons. The van der Waals surface area contributed by atoms with Crippen LogP contribution in [0.25, 0.3) is 0 Å². The predicted molar refractivity (Wildman–Crippen MR) is 115 cm³/mol. The van der Waals surface area contributed by atoms with Gasteiger partial charge in [-0.2, -0.15) is 0 Å². The molecule has 2 aromatic rings. The second-order valence-corrected chi connectivity index (χ2v) is 7.52. The first-order chi connectivity index (χ1) is 13.7. The van der Waals surface area contributed by atoms with E-state index in [0.717, 1.165) is 49.2 Å². The molecule has 0 aliphatic carbocycles. The summed E-state index contributed by atoms with van der Waals surface area (Å²) < 4.78 is 23.7. The molecule has 2 unspecified atom stereocenters. The number of para-hydroxylation sites is 4. The summed E-state index contributed by atoms with van der Waals surface area (Å²) >= 11 is 0. The molecule has 0 aromatic heterocycles. The Labute approximate surface area is 178 Å². The topological polar surface area (TPSA) is 43.4 Å². The molecule has 2 aliphatic heterocycles. The van der Waals surface area contributed by atoms with E-state index < -0.39 is 0 Å². The molecule has 0 bridgehead atoms. The van der Waals surface area contributed by atoms with Crippen molar-refractivity contribution in [1.29, 1.82) is 0 Å². The van der Waals surface area contributed by atoms with Crippen molar-refractivity contribution in [3.8, 4) is 23.0 Å². The van der Waals surface area contributed by atoms with Crippen molar-refractivity contribution in [3.63, 3.8) is 0 Å². The van der Waals surface area contributed by atoms with Gasteiger partial charge in [-0.1, -0.05) is 24.3 Å². The van der Waals surface area contributed by atoms with Gasteiger partial charge in [0, 0.05) is 26.2 Å². The Bertz CT molecular complexity index is 725. The molecule has 2 atom stereocenters. The van der Waals surface area contributed by atoms with Crippen LogP contribution in [0.4, 0.5) is 0 Å². The third-order valence-corrected chi connectivity index (χ3v) is 5.03. The SMILES string of the molecule is CN(CCN(C)CC1COc2ccccc2O1)CC1COc2ccccc2O1.Cl. The zero-order chi connectivity index (χ0) is 19.3. The Balaban J connectivity index is 0.00000240. The average Bonchev–Trinajstić information content (AvgIpc) is 2.72. The number of benzene rings is 2. The number of nitrogens with zero attached hydrogens (tertiary/aromatic N) is 2. The molecule has 2 aromatic carbocycles. The number of likely N-dealkylation sites (N-methyl/N-ethyl adjacent to an activating group) is 2. The summed E-state index contributed by atoms with van der Waals surface area (Å²) in [5.74, 6) is 3.33. The lowest BCUT2D eigenvalue weighted by Gasteiger charge is -2.32. The highest BCUT2D eigenvalue weighted by atomic mass is 35.5. The Hall–Kier alpha value is -2.15. The first-order valence-electron chi connectivity index (χ1n) is 9.81. The lowest BCUT2D eigenvalue weighted by Crippen LogP contribution is -2.44. The van der Waals surface area contributed by atoms with Crippen molar-refractivity contribution in [2.45, 2.75) is 12.2 Å². The van der Waals surface area contributed by atoms with Gasteiger partial charge < -0.3 is 28.7 Å². The van der Waals surface area contributed by atoms with E-state index in [-0.39, 0.29) is 24.6 Å². The molecular formula is C22H29ClN2O4. The summed E-state index contributed by atoms with van der Waals surface area (Å²) in [4.78, 5) is 4.57. The van der Waals surface area contributed by atoms with Crippen LogP contribution in [0.3, 0.4) is 0 Å². The zero-order valence-corrected chi connectivity index (χ0v) is 17.8. The van der Waals surface area contributed by atoms with E-state index >= 15 is 0 Å². The van der Waals surface area contributed by atoms with Gasteiger partial charge in [-0.25, -0.2) is 0 Å². The quantitative estimate of drug-likeness (QED) is 0.686. The van der Waals surface area contributed by atoms with Gasteiger partial charge in [0.1, 0.15) is 25.4 Å². The summed E-state index contributed by atoms with van der Waals surface area (Å²) in [7, 11) is 4.24. The second-order valence-electron chi connectivity index (χ2n) is 7.52. The highest BCUT2D eigenvalue weighted by molar-refractivity contribution is 5.85. The molecule has 7 heteroatoms. The van der Waals surface area contributed by atoms with Crippen molar-refractivity contribution in [1.82, 2.24) is 9.80 Å². The molecule has 2 aliphatic rings. The van der Waals surface area contributed by atoms with Gasteiger partial charge in [0.15, 0.2) is 23.0 Å². The molecule has 0 amide bonds. The Morgan fingerprint density at radius 3 is 1.48 bits per heavy atom. The van der Waals surface area contributed by atoms with Crippen LogP contribution < -0.4 is 18.9 Å². The van der Waals surface area contributed by atoms with E-state index in [2.05, 4.69) is 23.9 Å². The molecule has 0 spiro atoms. The van der Waals surface area contributed by atoms with Gasteiger partial charge in [-0.15, -0.1) is 12.4 Å². The minimum absolute atomic E-state index is 0. The van der Waals surface area contributed by atoms with Gasteiger partial charge in [0.05, 0.1) is 0 Å². The van der Waals surface area contributed by atoms with Crippen LogP contribution in [0.2, 0.25) is 0 Å².